The van der Waals surface area contributed by atoms with Crippen molar-refractivity contribution in [2.24, 2.45) is 0 Å². The van der Waals surface area contributed by atoms with Crippen LogP contribution >= 0.6 is 0 Å². The van der Waals surface area contributed by atoms with Crippen LogP contribution in [0.2, 0.25) is 0 Å². The van der Waals surface area contributed by atoms with E-state index in [1.165, 1.54) is 13.1 Å². The maximum Gasteiger partial charge on any atom is 0.341 e. The Morgan fingerprint density at radius 3 is 2.54 bits per heavy atom. The third-order valence-corrected chi connectivity index (χ3v) is 5.41. The van der Waals surface area contributed by atoms with Crippen molar-refractivity contribution in [3.05, 3.63) is 33.9 Å². The molecule has 2 aliphatic heterocycles. The first-order valence-corrected chi connectivity index (χ1v) is 9.07. The Balaban J connectivity index is 1.90. The number of anilines is 1. The number of amides is 1. The molecule has 4 rings (SSSR count). The van der Waals surface area contributed by atoms with Crippen molar-refractivity contribution >= 4 is 28.5 Å². The number of carboxylic acids is 1. The highest BCUT2D eigenvalue weighted by atomic mass is 19.1. The number of benzene rings is 1. The summed E-state index contributed by atoms with van der Waals surface area (Å²) in [6.45, 7) is 5.37. The average molecular weight is 389 g/mol. The van der Waals surface area contributed by atoms with E-state index in [0.29, 0.717) is 31.7 Å². The van der Waals surface area contributed by atoms with E-state index in [-0.39, 0.29) is 35.4 Å². The number of carboxylic acid groups (broad SMARTS) is 1. The molecule has 28 heavy (non-hydrogen) atoms. The first-order chi connectivity index (χ1) is 13.3. The molecule has 1 atom stereocenters. The largest absolute Gasteiger partial charge is 0.487 e. The van der Waals surface area contributed by atoms with Crippen LogP contribution in [0.4, 0.5) is 10.1 Å². The lowest BCUT2D eigenvalue weighted by molar-refractivity contribution is -0.129. The van der Waals surface area contributed by atoms with Crippen molar-refractivity contribution in [3.8, 4) is 5.75 Å². The van der Waals surface area contributed by atoms with E-state index in [0.717, 1.165) is 6.07 Å². The molecule has 0 saturated carbocycles. The van der Waals surface area contributed by atoms with Crippen LogP contribution in [0, 0.1) is 5.82 Å². The van der Waals surface area contributed by atoms with Gasteiger partial charge < -0.3 is 24.2 Å². The molecule has 0 radical (unpaired) electrons. The fourth-order valence-corrected chi connectivity index (χ4v) is 3.90. The lowest BCUT2D eigenvalue weighted by Crippen LogP contribution is -2.48. The topological polar surface area (TPSA) is 92.1 Å². The van der Waals surface area contributed by atoms with Gasteiger partial charge in [-0.3, -0.25) is 9.59 Å². The van der Waals surface area contributed by atoms with Crippen LogP contribution < -0.4 is 15.1 Å². The van der Waals surface area contributed by atoms with E-state index in [1.54, 1.807) is 14.4 Å². The van der Waals surface area contributed by atoms with Crippen LogP contribution in [-0.2, 0) is 4.79 Å². The Morgan fingerprint density at radius 2 is 1.93 bits per heavy atom. The third-order valence-electron chi connectivity index (χ3n) is 5.41. The summed E-state index contributed by atoms with van der Waals surface area (Å²) in [6, 6.07) is 0.889. The Kier molecular flexibility index (Phi) is 4.24. The first-order valence-electron chi connectivity index (χ1n) is 9.07. The third kappa shape index (κ3) is 2.69. The minimum Gasteiger partial charge on any atom is -0.487 e. The van der Waals surface area contributed by atoms with Gasteiger partial charge in [-0.1, -0.05) is 0 Å². The zero-order chi connectivity index (χ0) is 20.2. The van der Waals surface area contributed by atoms with Gasteiger partial charge in [0.1, 0.15) is 17.9 Å². The SMILES string of the molecule is CC(=O)N1CCN(c2c(F)cc3c(=O)c(C(=O)O)cn4c3c2OCC4C)CC1. The van der Waals surface area contributed by atoms with Crippen molar-refractivity contribution < 1.29 is 23.8 Å². The van der Waals surface area contributed by atoms with E-state index < -0.39 is 22.8 Å². The predicted molar refractivity (Wildman–Crippen MR) is 99.8 cm³/mol. The Hall–Kier alpha value is -3.10. The zero-order valence-corrected chi connectivity index (χ0v) is 15.6. The zero-order valence-electron chi connectivity index (χ0n) is 15.6. The lowest BCUT2D eigenvalue weighted by Gasteiger charge is -2.38. The van der Waals surface area contributed by atoms with Crippen LogP contribution in [0.3, 0.4) is 0 Å². The van der Waals surface area contributed by atoms with Crippen molar-refractivity contribution in [3.63, 3.8) is 0 Å². The summed E-state index contributed by atoms with van der Waals surface area (Å²) >= 11 is 0. The molecule has 1 unspecified atom stereocenters. The van der Waals surface area contributed by atoms with Crippen molar-refractivity contribution in [2.75, 3.05) is 37.7 Å². The van der Waals surface area contributed by atoms with Crippen LogP contribution in [0.1, 0.15) is 30.2 Å². The second-order valence-corrected chi connectivity index (χ2v) is 7.17. The van der Waals surface area contributed by atoms with E-state index in [1.807, 2.05) is 6.92 Å². The summed E-state index contributed by atoms with van der Waals surface area (Å²) < 4.78 is 22.6. The van der Waals surface area contributed by atoms with Gasteiger partial charge in [0.2, 0.25) is 11.3 Å². The second kappa shape index (κ2) is 6.50. The molecular weight excluding hydrogens is 369 g/mol. The summed E-state index contributed by atoms with van der Waals surface area (Å²) in [4.78, 5) is 39.1. The summed E-state index contributed by atoms with van der Waals surface area (Å²) in [5, 5.41) is 9.33. The predicted octanol–water partition coefficient (Wildman–Crippen LogP) is 1.46. The van der Waals surface area contributed by atoms with Crippen molar-refractivity contribution in [2.45, 2.75) is 19.9 Å². The first kappa shape index (κ1) is 18.3. The number of hydrogen-bond donors (Lipinski definition) is 1. The van der Waals surface area contributed by atoms with Crippen molar-refractivity contribution in [1.82, 2.24) is 9.47 Å². The number of aromatic nitrogens is 1. The van der Waals surface area contributed by atoms with E-state index in [4.69, 9.17) is 4.74 Å². The molecule has 2 aromatic rings. The number of rotatable bonds is 2. The number of piperazine rings is 1. The molecule has 0 spiro atoms. The standard InChI is InChI=1S/C19H20FN3O5/c1-10-9-28-18-15-12(17(25)13(19(26)27)8-23(10)15)7-14(20)16(18)22-5-3-21(4-6-22)11(2)24/h7-8,10H,3-6,9H2,1-2H3,(H,26,27). The lowest BCUT2D eigenvalue weighted by atomic mass is 10.1. The number of hydrogen-bond acceptors (Lipinski definition) is 5. The molecule has 3 heterocycles. The quantitative estimate of drug-likeness (QED) is 0.836. The number of carbonyl (C=O) groups is 2. The number of pyridine rings is 1. The highest BCUT2D eigenvalue weighted by Gasteiger charge is 2.31. The fourth-order valence-electron chi connectivity index (χ4n) is 3.90. The Morgan fingerprint density at radius 1 is 1.25 bits per heavy atom. The summed E-state index contributed by atoms with van der Waals surface area (Å²) in [5.41, 5.74) is -0.475. The van der Waals surface area contributed by atoms with Crippen LogP contribution in [0.25, 0.3) is 10.9 Å². The molecule has 8 nitrogen and oxygen atoms in total. The van der Waals surface area contributed by atoms with Crippen molar-refractivity contribution in [1.29, 1.82) is 0 Å². The van der Waals surface area contributed by atoms with Gasteiger partial charge in [-0.2, -0.15) is 0 Å². The fraction of sp³-hybridized carbons (Fsp3) is 0.421. The number of ether oxygens (including phenoxy) is 1. The average Bonchev–Trinajstić information content (AvgIpc) is 2.65. The molecule has 2 aliphatic rings. The smallest absolute Gasteiger partial charge is 0.341 e. The molecule has 1 aromatic heterocycles. The van der Waals surface area contributed by atoms with Crippen LogP contribution in [-0.4, -0.2) is 59.2 Å². The summed E-state index contributed by atoms with van der Waals surface area (Å²) in [5.74, 6) is -1.77. The summed E-state index contributed by atoms with van der Waals surface area (Å²) in [7, 11) is 0. The number of aromatic carboxylic acids is 1. The van der Waals surface area contributed by atoms with Gasteiger partial charge >= 0.3 is 5.97 Å². The molecule has 148 valence electrons. The molecule has 0 aliphatic carbocycles. The van der Waals surface area contributed by atoms with Crippen LogP contribution in [0.5, 0.6) is 5.75 Å². The molecule has 1 fully saturated rings. The molecule has 1 saturated heterocycles. The minimum atomic E-state index is -1.35. The highest BCUT2D eigenvalue weighted by molar-refractivity contribution is 5.97. The van der Waals surface area contributed by atoms with Gasteiger partial charge in [0.15, 0.2) is 11.6 Å². The van der Waals surface area contributed by atoms with E-state index in [2.05, 4.69) is 0 Å². The molecule has 1 amide bonds. The van der Waals surface area contributed by atoms with E-state index in [9.17, 15) is 19.5 Å². The monoisotopic (exact) mass is 389 g/mol. The Labute approximate surface area is 159 Å². The molecule has 0 bridgehead atoms. The minimum absolute atomic E-state index is 0.00919. The maximum absolute atomic E-state index is 15.1. The van der Waals surface area contributed by atoms with Gasteiger partial charge in [-0.15, -0.1) is 0 Å². The molecule has 9 heteroatoms. The number of halogens is 1. The van der Waals surface area contributed by atoms with Crippen LogP contribution in [0.15, 0.2) is 17.1 Å². The van der Waals surface area contributed by atoms with Gasteiger partial charge in [0.25, 0.3) is 0 Å². The van der Waals surface area contributed by atoms with E-state index >= 15 is 4.39 Å². The maximum atomic E-state index is 15.1. The molecular formula is C19H20FN3O5. The number of carbonyl (C=O) groups excluding carboxylic acids is 1. The van der Waals surface area contributed by atoms with Gasteiger partial charge in [0.05, 0.1) is 16.9 Å². The Bertz CT molecular complexity index is 1060. The summed E-state index contributed by atoms with van der Waals surface area (Å²) in [6.07, 6.45) is 1.30. The second-order valence-electron chi connectivity index (χ2n) is 7.17. The van der Waals surface area contributed by atoms with Gasteiger partial charge in [0, 0.05) is 39.3 Å². The molecule has 1 aromatic carbocycles. The number of nitrogens with zero attached hydrogens (tertiary/aromatic N) is 3. The molecule has 1 N–H and O–H groups in total. The van der Waals surface area contributed by atoms with Gasteiger partial charge in [-0.05, 0) is 13.0 Å². The highest BCUT2D eigenvalue weighted by Crippen LogP contribution is 2.42. The van der Waals surface area contributed by atoms with Gasteiger partial charge in [-0.25, -0.2) is 9.18 Å². The normalized spacial score (nSPS) is 18.9.